The van der Waals surface area contributed by atoms with Gasteiger partial charge < -0.3 is 5.11 Å². The van der Waals surface area contributed by atoms with Crippen LogP contribution in [0.4, 0.5) is 4.39 Å². The standard InChI is InChI=1S/C14H10FNOS/c15-13-6-5-12(10-3-1-2-4-11(10)13)14-16-7-9(8-17)18-14/h1-7,17H,8H2. The Hall–Kier alpha value is -1.78. The maximum Gasteiger partial charge on any atom is 0.131 e. The maximum atomic E-state index is 13.7. The molecule has 0 bridgehead atoms. The van der Waals surface area contributed by atoms with Gasteiger partial charge in [-0.15, -0.1) is 11.3 Å². The molecule has 3 aromatic rings. The van der Waals surface area contributed by atoms with E-state index in [0.29, 0.717) is 5.39 Å². The monoisotopic (exact) mass is 259 g/mol. The molecule has 1 aromatic heterocycles. The van der Waals surface area contributed by atoms with Crippen LogP contribution in [-0.2, 0) is 6.61 Å². The molecule has 1 heterocycles. The van der Waals surface area contributed by atoms with Gasteiger partial charge in [-0.25, -0.2) is 9.37 Å². The van der Waals surface area contributed by atoms with Crippen molar-refractivity contribution in [2.45, 2.75) is 6.61 Å². The molecule has 2 nitrogen and oxygen atoms in total. The van der Waals surface area contributed by atoms with Gasteiger partial charge in [0.25, 0.3) is 0 Å². The number of hydrogen-bond acceptors (Lipinski definition) is 3. The number of thiazole rings is 1. The summed E-state index contributed by atoms with van der Waals surface area (Å²) in [5.74, 6) is -0.228. The van der Waals surface area contributed by atoms with Crippen LogP contribution in [-0.4, -0.2) is 10.1 Å². The maximum absolute atomic E-state index is 13.7. The van der Waals surface area contributed by atoms with E-state index in [9.17, 15) is 4.39 Å². The first-order chi connectivity index (χ1) is 8.79. The summed E-state index contributed by atoms with van der Waals surface area (Å²) in [7, 11) is 0. The summed E-state index contributed by atoms with van der Waals surface area (Å²) in [6.45, 7) is -0.0171. The molecular weight excluding hydrogens is 249 g/mol. The lowest BCUT2D eigenvalue weighted by Crippen LogP contribution is -1.83. The lowest BCUT2D eigenvalue weighted by atomic mass is 10.0. The summed E-state index contributed by atoms with van der Waals surface area (Å²) < 4.78 is 13.7. The number of hydrogen-bond donors (Lipinski definition) is 1. The van der Waals surface area contributed by atoms with Gasteiger partial charge in [0.05, 0.1) is 11.5 Å². The van der Waals surface area contributed by atoms with E-state index in [1.54, 1.807) is 18.3 Å². The largest absolute Gasteiger partial charge is 0.391 e. The van der Waals surface area contributed by atoms with Crippen LogP contribution in [0.2, 0.25) is 0 Å². The molecule has 3 rings (SSSR count). The highest BCUT2D eigenvalue weighted by atomic mass is 32.1. The lowest BCUT2D eigenvalue weighted by Gasteiger charge is -2.04. The van der Waals surface area contributed by atoms with Gasteiger partial charge in [0.1, 0.15) is 10.8 Å². The fraction of sp³-hybridized carbons (Fsp3) is 0.0714. The van der Waals surface area contributed by atoms with E-state index in [1.165, 1.54) is 17.4 Å². The van der Waals surface area contributed by atoms with Gasteiger partial charge in [-0.05, 0) is 17.5 Å². The average Bonchev–Trinajstić information content (AvgIpc) is 2.88. The Balaban J connectivity index is 2.26. The lowest BCUT2D eigenvalue weighted by molar-refractivity contribution is 0.285. The third-order valence-electron chi connectivity index (χ3n) is 2.81. The Kier molecular flexibility index (Phi) is 2.81. The fourth-order valence-electron chi connectivity index (χ4n) is 1.95. The second-order valence-corrected chi connectivity index (χ2v) is 5.05. The van der Waals surface area contributed by atoms with Gasteiger partial charge in [0.15, 0.2) is 0 Å². The zero-order chi connectivity index (χ0) is 12.5. The van der Waals surface area contributed by atoms with Crippen molar-refractivity contribution in [3.63, 3.8) is 0 Å². The summed E-state index contributed by atoms with van der Waals surface area (Å²) in [6.07, 6.45) is 1.65. The number of fused-ring (bicyclic) bond motifs is 1. The molecule has 0 amide bonds. The van der Waals surface area contributed by atoms with Crippen molar-refractivity contribution in [2.24, 2.45) is 0 Å². The molecule has 0 radical (unpaired) electrons. The normalized spacial score (nSPS) is 11.0. The first-order valence-electron chi connectivity index (χ1n) is 5.53. The third kappa shape index (κ3) is 1.79. The molecule has 0 aliphatic rings. The predicted octanol–water partition coefficient (Wildman–Crippen LogP) is 3.59. The minimum absolute atomic E-state index is 0.0171. The van der Waals surface area contributed by atoms with Gasteiger partial charge >= 0.3 is 0 Å². The van der Waals surface area contributed by atoms with Crippen LogP contribution in [0.15, 0.2) is 42.6 Å². The summed E-state index contributed by atoms with van der Waals surface area (Å²) in [4.78, 5) is 5.08. The van der Waals surface area contributed by atoms with E-state index < -0.39 is 0 Å². The summed E-state index contributed by atoms with van der Waals surface area (Å²) in [5, 5.41) is 11.3. The molecule has 4 heteroatoms. The number of nitrogens with zero attached hydrogens (tertiary/aromatic N) is 1. The van der Waals surface area contributed by atoms with E-state index in [4.69, 9.17) is 5.11 Å². The van der Waals surface area contributed by atoms with Gasteiger partial charge in [-0.3, -0.25) is 0 Å². The molecule has 0 saturated carbocycles. The minimum Gasteiger partial charge on any atom is -0.391 e. The Bertz CT molecular complexity index is 708. The quantitative estimate of drug-likeness (QED) is 0.763. The summed E-state index contributed by atoms with van der Waals surface area (Å²) in [5.41, 5.74) is 0.900. The smallest absolute Gasteiger partial charge is 0.131 e. The molecule has 0 unspecified atom stereocenters. The highest BCUT2D eigenvalue weighted by molar-refractivity contribution is 7.15. The van der Waals surface area contributed by atoms with Crippen LogP contribution >= 0.6 is 11.3 Å². The van der Waals surface area contributed by atoms with Crippen molar-refractivity contribution in [3.8, 4) is 10.6 Å². The second kappa shape index (κ2) is 4.48. The van der Waals surface area contributed by atoms with Crippen LogP contribution in [0.3, 0.4) is 0 Å². The van der Waals surface area contributed by atoms with Gasteiger partial charge in [-0.1, -0.05) is 24.3 Å². The van der Waals surface area contributed by atoms with E-state index in [0.717, 1.165) is 20.8 Å². The molecule has 18 heavy (non-hydrogen) atoms. The molecule has 1 N–H and O–H groups in total. The number of halogens is 1. The predicted molar refractivity (Wildman–Crippen MR) is 70.9 cm³/mol. The zero-order valence-corrected chi connectivity index (χ0v) is 10.2. The van der Waals surface area contributed by atoms with E-state index in [1.807, 2.05) is 18.2 Å². The Labute approximate surface area is 107 Å². The SMILES string of the molecule is OCc1cnc(-c2ccc(F)c3ccccc23)s1. The molecule has 90 valence electrons. The highest BCUT2D eigenvalue weighted by Gasteiger charge is 2.10. The number of aliphatic hydroxyl groups excluding tert-OH is 1. The van der Waals surface area contributed by atoms with Gasteiger partial charge in [0, 0.05) is 17.1 Å². The van der Waals surface area contributed by atoms with Crippen LogP contribution in [0.5, 0.6) is 0 Å². The first kappa shape index (κ1) is 11.3. The molecular formula is C14H10FNOS. The molecule has 0 aliphatic carbocycles. The number of rotatable bonds is 2. The molecule has 2 aromatic carbocycles. The van der Waals surface area contributed by atoms with Gasteiger partial charge in [-0.2, -0.15) is 0 Å². The molecule has 0 spiro atoms. The molecule has 0 aliphatic heterocycles. The van der Waals surface area contributed by atoms with Crippen LogP contribution < -0.4 is 0 Å². The Morgan fingerprint density at radius 1 is 1.11 bits per heavy atom. The zero-order valence-electron chi connectivity index (χ0n) is 9.43. The van der Waals surface area contributed by atoms with E-state index in [2.05, 4.69) is 4.98 Å². The topological polar surface area (TPSA) is 33.1 Å². The van der Waals surface area contributed by atoms with E-state index in [-0.39, 0.29) is 12.4 Å². The van der Waals surface area contributed by atoms with Crippen molar-refractivity contribution in [1.82, 2.24) is 4.98 Å². The first-order valence-corrected chi connectivity index (χ1v) is 6.34. The molecule has 0 fully saturated rings. The Morgan fingerprint density at radius 2 is 1.89 bits per heavy atom. The van der Waals surface area contributed by atoms with Crippen LogP contribution in [0, 0.1) is 5.82 Å². The van der Waals surface area contributed by atoms with Gasteiger partial charge in [0.2, 0.25) is 0 Å². The van der Waals surface area contributed by atoms with Crippen molar-refractivity contribution in [2.75, 3.05) is 0 Å². The van der Waals surface area contributed by atoms with E-state index >= 15 is 0 Å². The highest BCUT2D eigenvalue weighted by Crippen LogP contribution is 2.32. The van der Waals surface area contributed by atoms with Crippen molar-refractivity contribution in [1.29, 1.82) is 0 Å². The minimum atomic E-state index is -0.228. The van der Waals surface area contributed by atoms with Crippen LogP contribution in [0.1, 0.15) is 4.88 Å². The van der Waals surface area contributed by atoms with Crippen molar-refractivity contribution >= 4 is 22.1 Å². The van der Waals surface area contributed by atoms with Crippen molar-refractivity contribution in [3.05, 3.63) is 53.3 Å². The summed E-state index contributed by atoms with van der Waals surface area (Å²) >= 11 is 1.42. The summed E-state index contributed by atoms with van der Waals surface area (Å²) in [6, 6.07) is 10.5. The number of aliphatic hydroxyl groups is 1. The average molecular weight is 259 g/mol. The Morgan fingerprint density at radius 3 is 2.61 bits per heavy atom. The van der Waals surface area contributed by atoms with Crippen LogP contribution in [0.25, 0.3) is 21.3 Å². The fourth-order valence-corrected chi connectivity index (χ4v) is 2.77. The number of aromatic nitrogens is 1. The third-order valence-corrected chi connectivity index (χ3v) is 3.83. The molecule has 0 saturated heterocycles. The second-order valence-electron chi connectivity index (χ2n) is 3.93. The number of benzene rings is 2. The molecule has 0 atom stereocenters. The van der Waals surface area contributed by atoms with Crippen molar-refractivity contribution < 1.29 is 9.50 Å².